The average Bonchev–Trinajstić information content (AvgIpc) is 2.65. The molecule has 184 valence electrons. The van der Waals surface area contributed by atoms with E-state index in [1.807, 2.05) is 0 Å². The van der Waals surface area contributed by atoms with Gasteiger partial charge in [-0.3, -0.25) is 18.7 Å². The molecule has 14 nitrogen and oxygen atoms in total. The van der Waals surface area contributed by atoms with Crippen molar-refractivity contribution in [3.8, 4) is 0 Å². The normalized spacial score (nSPS) is 12.1. The fourth-order valence-electron chi connectivity index (χ4n) is 1.76. The van der Waals surface area contributed by atoms with Crippen LogP contribution in [0.25, 0.3) is 0 Å². The number of nitrogens with one attached hydrogen (secondary N) is 2. The number of amides is 2. The van der Waals surface area contributed by atoms with Gasteiger partial charge in [-0.25, -0.2) is 5.26 Å². The van der Waals surface area contributed by atoms with Gasteiger partial charge in [-0.1, -0.05) is 17.2 Å². The molecule has 0 aliphatic heterocycles. The van der Waals surface area contributed by atoms with Crippen LogP contribution in [0.3, 0.4) is 0 Å². The Labute approximate surface area is 189 Å². The first kappa shape index (κ1) is 30.0. The lowest BCUT2D eigenvalue weighted by molar-refractivity contribution is -0.432. The lowest BCUT2D eigenvalue weighted by Crippen LogP contribution is -2.38. The van der Waals surface area contributed by atoms with E-state index in [4.69, 9.17) is 14.4 Å². The molecule has 17 heteroatoms. The molecule has 0 saturated carbocycles. The van der Waals surface area contributed by atoms with Crippen LogP contribution >= 0.6 is 12.0 Å². The van der Waals surface area contributed by atoms with E-state index in [1.165, 1.54) is 12.2 Å². The van der Waals surface area contributed by atoms with Crippen molar-refractivity contribution in [3.05, 3.63) is 36.1 Å². The summed E-state index contributed by atoms with van der Waals surface area (Å²) in [5.74, 6) is -2.99. The lowest BCUT2D eigenvalue weighted by Gasteiger charge is -2.11. The number of nitrogens with zero attached hydrogens (tertiary/aromatic N) is 1. The molecule has 0 rings (SSSR count). The highest BCUT2D eigenvalue weighted by atomic mass is 32.2. The van der Waals surface area contributed by atoms with E-state index in [0.717, 1.165) is 18.1 Å². The molecule has 0 aromatic rings. The Hall–Kier alpha value is -1.99. The standard InChI is InChI=1S/C15H25N3O11S3/c1-18(9-10-30-29-28-21)8-4-2-3-5-13(14(19)16-6-11-31(22,23)24)15(20)17-7-12-32(25,26)27/h2-5,8,21H,6-7,9-12H2,1H3,(H,16,19)(H,17,20)(H,22,23,24)(H,25,26,27). The van der Waals surface area contributed by atoms with E-state index in [1.54, 1.807) is 24.2 Å². The molecule has 0 fully saturated rings. The van der Waals surface area contributed by atoms with Crippen molar-refractivity contribution >= 4 is 44.1 Å². The van der Waals surface area contributed by atoms with Gasteiger partial charge in [-0.2, -0.15) is 16.8 Å². The number of carbonyl (C=O) groups is 2. The van der Waals surface area contributed by atoms with Gasteiger partial charge in [-0.15, -0.1) is 4.33 Å². The molecule has 32 heavy (non-hydrogen) atoms. The lowest BCUT2D eigenvalue weighted by atomic mass is 10.2. The van der Waals surface area contributed by atoms with Crippen molar-refractivity contribution in [2.75, 3.05) is 43.9 Å². The molecule has 0 atom stereocenters. The Morgan fingerprint density at radius 1 is 0.969 bits per heavy atom. The fourth-order valence-corrected chi connectivity index (χ4v) is 2.95. The summed E-state index contributed by atoms with van der Waals surface area (Å²) < 4.78 is 64.5. The summed E-state index contributed by atoms with van der Waals surface area (Å²) in [6.07, 6.45) is 7.16. The second-order valence-corrected chi connectivity index (χ2v) is 9.76. The van der Waals surface area contributed by atoms with Crippen LogP contribution in [0.4, 0.5) is 0 Å². The maximum absolute atomic E-state index is 12.2. The number of hydrogen-bond acceptors (Lipinski definition) is 11. The van der Waals surface area contributed by atoms with Crippen molar-refractivity contribution < 1.29 is 50.2 Å². The van der Waals surface area contributed by atoms with Crippen molar-refractivity contribution in [2.45, 2.75) is 0 Å². The highest BCUT2D eigenvalue weighted by molar-refractivity contribution is 7.94. The van der Waals surface area contributed by atoms with Crippen LogP contribution < -0.4 is 10.6 Å². The molecule has 0 aliphatic rings. The SMILES string of the molecule is CN(C=CC=CC=C(C(=O)NCCS(=O)(=O)O)C(=O)NCCS(=O)(=O)O)CCSOOO. The predicted molar refractivity (Wildman–Crippen MR) is 115 cm³/mol. The first-order chi connectivity index (χ1) is 14.9. The molecule has 2 amide bonds. The minimum atomic E-state index is -4.32. The van der Waals surface area contributed by atoms with E-state index in [-0.39, 0.29) is 0 Å². The Bertz CT molecular complexity index is 847. The second kappa shape index (κ2) is 15.8. The summed E-state index contributed by atoms with van der Waals surface area (Å²) in [4.78, 5) is 26.1. The summed E-state index contributed by atoms with van der Waals surface area (Å²) in [6.45, 7) is -0.401. The van der Waals surface area contributed by atoms with E-state index >= 15 is 0 Å². The largest absolute Gasteiger partial charge is 0.380 e. The number of rotatable bonds is 16. The Morgan fingerprint density at radius 3 is 1.97 bits per heavy atom. The number of carbonyl (C=O) groups excluding carboxylic acids is 2. The highest BCUT2D eigenvalue weighted by Crippen LogP contribution is 2.02. The number of allylic oxidation sites excluding steroid dienone is 4. The molecular weight excluding hydrogens is 494 g/mol. The molecule has 5 N–H and O–H groups in total. The monoisotopic (exact) mass is 519 g/mol. The predicted octanol–water partition coefficient (Wildman–Crippen LogP) is -1.01. The molecular formula is C15H25N3O11S3. The van der Waals surface area contributed by atoms with Gasteiger partial charge < -0.3 is 15.5 Å². The van der Waals surface area contributed by atoms with Crippen LogP contribution in [-0.4, -0.2) is 91.9 Å². The van der Waals surface area contributed by atoms with Crippen molar-refractivity contribution in [1.29, 1.82) is 0 Å². The summed E-state index contributed by atoms with van der Waals surface area (Å²) in [5.41, 5.74) is -0.466. The van der Waals surface area contributed by atoms with Crippen molar-refractivity contribution in [3.63, 3.8) is 0 Å². The van der Waals surface area contributed by atoms with Gasteiger partial charge >= 0.3 is 0 Å². The smallest absolute Gasteiger partial charge is 0.266 e. The summed E-state index contributed by atoms with van der Waals surface area (Å²) in [5, 5.41) is 15.7. The Balaban J connectivity index is 5.04. The van der Waals surface area contributed by atoms with Crippen LogP contribution in [0, 0.1) is 0 Å². The molecule has 0 aromatic heterocycles. The molecule has 0 aliphatic carbocycles. The van der Waals surface area contributed by atoms with E-state index in [2.05, 4.69) is 20.0 Å². The van der Waals surface area contributed by atoms with Gasteiger partial charge in [0.1, 0.15) is 5.57 Å². The minimum Gasteiger partial charge on any atom is -0.380 e. The second-order valence-electron chi connectivity index (χ2n) is 5.84. The fraction of sp³-hybridized carbons (Fsp3) is 0.467. The van der Waals surface area contributed by atoms with Crippen LogP contribution in [0.1, 0.15) is 0 Å². The van der Waals surface area contributed by atoms with Gasteiger partial charge in [0, 0.05) is 44.5 Å². The summed E-state index contributed by atoms with van der Waals surface area (Å²) in [6, 6.07) is 0. The van der Waals surface area contributed by atoms with Crippen LogP contribution in [0.2, 0.25) is 0 Å². The molecule has 0 bridgehead atoms. The van der Waals surface area contributed by atoms with E-state index in [0.29, 0.717) is 12.3 Å². The molecule has 0 spiro atoms. The van der Waals surface area contributed by atoms with E-state index in [9.17, 15) is 26.4 Å². The van der Waals surface area contributed by atoms with Crippen LogP contribution in [0.5, 0.6) is 0 Å². The first-order valence-corrected chi connectivity index (χ1v) is 12.8. The van der Waals surface area contributed by atoms with Gasteiger partial charge in [0.2, 0.25) is 0 Å². The molecule has 0 saturated heterocycles. The Morgan fingerprint density at radius 2 is 1.50 bits per heavy atom. The summed E-state index contributed by atoms with van der Waals surface area (Å²) in [7, 11) is -6.90. The zero-order chi connectivity index (χ0) is 24.6. The van der Waals surface area contributed by atoms with E-state index < -0.39 is 62.2 Å². The van der Waals surface area contributed by atoms with Gasteiger partial charge in [0.15, 0.2) is 0 Å². The third kappa shape index (κ3) is 17.7. The molecule has 0 heterocycles. The summed E-state index contributed by atoms with van der Waals surface area (Å²) >= 11 is 0.881. The Kier molecular flexibility index (Phi) is 14.8. The average molecular weight is 520 g/mol. The quantitative estimate of drug-likeness (QED) is 0.0191. The third-order valence-electron chi connectivity index (χ3n) is 3.21. The molecule has 0 radical (unpaired) electrons. The molecule has 0 aromatic carbocycles. The highest BCUT2D eigenvalue weighted by Gasteiger charge is 2.18. The van der Waals surface area contributed by atoms with Crippen LogP contribution in [-0.2, 0) is 39.2 Å². The third-order valence-corrected chi connectivity index (χ3v) is 5.16. The zero-order valence-electron chi connectivity index (χ0n) is 16.9. The maximum atomic E-state index is 12.2. The van der Waals surface area contributed by atoms with Crippen LogP contribution in [0.15, 0.2) is 36.1 Å². The first-order valence-electron chi connectivity index (χ1n) is 8.67. The topological polar surface area (TPSA) is 209 Å². The van der Waals surface area contributed by atoms with Crippen molar-refractivity contribution in [2.24, 2.45) is 0 Å². The van der Waals surface area contributed by atoms with Gasteiger partial charge in [0.05, 0.1) is 11.5 Å². The number of hydrogen-bond donors (Lipinski definition) is 5. The van der Waals surface area contributed by atoms with Gasteiger partial charge in [-0.05, 0) is 18.4 Å². The zero-order valence-corrected chi connectivity index (χ0v) is 19.4. The minimum absolute atomic E-state index is 0.466. The van der Waals surface area contributed by atoms with Gasteiger partial charge in [0.25, 0.3) is 32.1 Å². The van der Waals surface area contributed by atoms with Crippen molar-refractivity contribution in [1.82, 2.24) is 15.5 Å². The molecule has 0 unspecified atom stereocenters. The maximum Gasteiger partial charge on any atom is 0.266 e.